The molecule has 1 aliphatic carbocycles. The summed E-state index contributed by atoms with van der Waals surface area (Å²) < 4.78 is 0. The zero-order valence-electron chi connectivity index (χ0n) is 34.7. The summed E-state index contributed by atoms with van der Waals surface area (Å²) in [6.07, 6.45) is 4.50. The first-order chi connectivity index (χ1) is 31.3. The summed E-state index contributed by atoms with van der Waals surface area (Å²) in [5, 5.41) is 7.48. The highest BCUT2D eigenvalue weighted by Crippen LogP contribution is 2.57. The fourth-order valence-corrected chi connectivity index (χ4v) is 10.6. The zero-order valence-corrected chi connectivity index (χ0v) is 34.7. The van der Waals surface area contributed by atoms with Crippen molar-refractivity contribution in [3.63, 3.8) is 0 Å². The van der Waals surface area contributed by atoms with E-state index in [0.717, 1.165) is 0 Å². The van der Waals surface area contributed by atoms with Crippen LogP contribution < -0.4 is 0 Å². The van der Waals surface area contributed by atoms with Gasteiger partial charge in [-0.2, -0.15) is 0 Å². The molecule has 0 atom stereocenters. The van der Waals surface area contributed by atoms with Crippen molar-refractivity contribution in [2.75, 3.05) is 0 Å². The van der Waals surface area contributed by atoms with Crippen molar-refractivity contribution < 1.29 is 0 Å². The van der Waals surface area contributed by atoms with Crippen LogP contribution in [0.2, 0.25) is 0 Å². The van der Waals surface area contributed by atoms with Gasteiger partial charge in [-0.25, -0.2) is 0 Å². The molecule has 0 bridgehead atoms. The number of hydrogen-bond acceptors (Lipinski definition) is 0. The molecule has 0 saturated carbocycles. The second-order valence-corrected chi connectivity index (χ2v) is 16.7. The molecule has 12 rings (SSSR count). The van der Waals surface area contributed by atoms with Crippen LogP contribution in [0.25, 0.3) is 89.0 Å². The fourth-order valence-electron chi connectivity index (χ4n) is 10.6. The lowest BCUT2D eigenvalue weighted by atomic mass is 9.67. The van der Waals surface area contributed by atoms with E-state index in [1.54, 1.807) is 0 Å². The van der Waals surface area contributed by atoms with Crippen LogP contribution in [0.5, 0.6) is 0 Å². The second-order valence-electron chi connectivity index (χ2n) is 16.7. The molecule has 294 valence electrons. The SMILES string of the molecule is C(=Cc1ccc(-c2c3ccccc3c(-c3ccc4c(c3)C(c3ccccc3)(c3ccccc3)c3ccccc3-4)c3ccccc23)c2ccccc12)c1ccc(-c2ccccc2)cc1. The van der Waals surface area contributed by atoms with Gasteiger partial charge in [-0.05, 0) is 116 Å². The first kappa shape index (κ1) is 36.8. The highest BCUT2D eigenvalue weighted by molar-refractivity contribution is 6.24. The van der Waals surface area contributed by atoms with E-state index in [2.05, 4.69) is 255 Å². The maximum absolute atomic E-state index is 2.51. The van der Waals surface area contributed by atoms with Gasteiger partial charge >= 0.3 is 0 Å². The Labute approximate surface area is 368 Å². The van der Waals surface area contributed by atoms with E-state index in [4.69, 9.17) is 0 Å². The van der Waals surface area contributed by atoms with Crippen molar-refractivity contribution >= 4 is 44.5 Å². The third-order valence-electron chi connectivity index (χ3n) is 13.4. The molecule has 0 nitrogen and oxygen atoms in total. The Morgan fingerprint density at radius 1 is 0.270 bits per heavy atom. The number of hydrogen-bond donors (Lipinski definition) is 0. The standard InChI is InChI=1S/C63H42/c1-4-18-44(19-5-1)45-35-32-43(33-36-45)34-37-46-38-41-58(51-25-11-10-24-50(46)51)62-56-29-14-12-27-54(56)61(55-28-13-15-30-57(55)62)47-39-40-53-52-26-16-17-31-59(52)63(60(53)42-47,48-20-6-2-7-21-48)49-22-8-3-9-23-49/h1-42H. The molecule has 0 fully saturated rings. The summed E-state index contributed by atoms with van der Waals surface area (Å²) in [6, 6.07) is 89.5. The van der Waals surface area contributed by atoms with Crippen LogP contribution in [-0.4, -0.2) is 0 Å². The van der Waals surface area contributed by atoms with Gasteiger partial charge in [-0.3, -0.25) is 0 Å². The smallest absolute Gasteiger partial charge is 0.0622 e. The van der Waals surface area contributed by atoms with E-state index in [9.17, 15) is 0 Å². The lowest BCUT2D eigenvalue weighted by Crippen LogP contribution is -2.28. The predicted molar refractivity (Wildman–Crippen MR) is 268 cm³/mol. The minimum absolute atomic E-state index is 0.475. The van der Waals surface area contributed by atoms with Crippen molar-refractivity contribution in [3.05, 3.63) is 276 Å². The van der Waals surface area contributed by atoms with Crippen molar-refractivity contribution in [3.8, 4) is 44.5 Å². The van der Waals surface area contributed by atoms with E-state index in [0.29, 0.717) is 0 Å². The van der Waals surface area contributed by atoms with E-state index in [-0.39, 0.29) is 0 Å². The predicted octanol–water partition coefficient (Wildman–Crippen LogP) is 16.7. The highest BCUT2D eigenvalue weighted by Gasteiger charge is 2.46. The van der Waals surface area contributed by atoms with Gasteiger partial charge in [0.05, 0.1) is 5.41 Å². The van der Waals surface area contributed by atoms with Gasteiger partial charge in [-0.1, -0.05) is 249 Å². The largest absolute Gasteiger partial charge is 0.0713 e. The van der Waals surface area contributed by atoms with Crippen molar-refractivity contribution in [2.24, 2.45) is 0 Å². The fraction of sp³-hybridized carbons (Fsp3) is 0.0159. The van der Waals surface area contributed by atoms with Crippen LogP contribution in [0.3, 0.4) is 0 Å². The van der Waals surface area contributed by atoms with E-state index >= 15 is 0 Å². The zero-order chi connectivity index (χ0) is 41.7. The van der Waals surface area contributed by atoms with Crippen LogP contribution in [0, 0.1) is 0 Å². The van der Waals surface area contributed by atoms with Gasteiger partial charge in [0.25, 0.3) is 0 Å². The number of fused-ring (bicyclic) bond motifs is 6. The Hall–Kier alpha value is -8.06. The van der Waals surface area contributed by atoms with Crippen molar-refractivity contribution in [2.45, 2.75) is 5.41 Å². The molecule has 0 saturated heterocycles. The summed E-state index contributed by atoms with van der Waals surface area (Å²) in [7, 11) is 0. The summed E-state index contributed by atoms with van der Waals surface area (Å²) in [6.45, 7) is 0. The Morgan fingerprint density at radius 3 is 1.37 bits per heavy atom. The number of benzene rings is 11. The Morgan fingerprint density at radius 2 is 0.730 bits per heavy atom. The lowest BCUT2D eigenvalue weighted by molar-refractivity contribution is 0.769. The molecule has 0 radical (unpaired) electrons. The van der Waals surface area contributed by atoms with E-state index in [1.165, 1.54) is 110 Å². The molecule has 0 aromatic heterocycles. The first-order valence-corrected chi connectivity index (χ1v) is 21.9. The molecule has 0 heterocycles. The number of rotatable bonds is 7. The Balaban J connectivity index is 1.04. The van der Waals surface area contributed by atoms with Crippen molar-refractivity contribution in [1.29, 1.82) is 0 Å². The molecule has 0 amide bonds. The molecule has 0 aliphatic heterocycles. The maximum atomic E-state index is 2.51. The van der Waals surface area contributed by atoms with Gasteiger partial charge < -0.3 is 0 Å². The molecular formula is C63H42. The van der Waals surface area contributed by atoms with Gasteiger partial charge in [-0.15, -0.1) is 0 Å². The third-order valence-corrected chi connectivity index (χ3v) is 13.4. The molecule has 0 heteroatoms. The highest BCUT2D eigenvalue weighted by atomic mass is 14.5. The molecule has 0 N–H and O–H groups in total. The average molecular weight is 799 g/mol. The molecular weight excluding hydrogens is 757 g/mol. The van der Waals surface area contributed by atoms with Crippen molar-refractivity contribution in [1.82, 2.24) is 0 Å². The van der Waals surface area contributed by atoms with E-state index < -0.39 is 5.41 Å². The molecule has 0 unspecified atom stereocenters. The normalized spacial score (nSPS) is 12.8. The first-order valence-electron chi connectivity index (χ1n) is 21.9. The maximum Gasteiger partial charge on any atom is 0.0713 e. The van der Waals surface area contributed by atoms with Gasteiger partial charge in [0.15, 0.2) is 0 Å². The molecule has 11 aromatic rings. The molecule has 1 aliphatic rings. The molecule has 63 heavy (non-hydrogen) atoms. The van der Waals surface area contributed by atoms with Crippen LogP contribution in [0.15, 0.2) is 243 Å². The van der Waals surface area contributed by atoms with Crippen LogP contribution in [-0.2, 0) is 5.41 Å². The van der Waals surface area contributed by atoms with Crippen LogP contribution in [0.1, 0.15) is 33.4 Å². The van der Waals surface area contributed by atoms with Crippen LogP contribution >= 0.6 is 0 Å². The van der Waals surface area contributed by atoms with Crippen LogP contribution in [0.4, 0.5) is 0 Å². The minimum Gasteiger partial charge on any atom is -0.0622 e. The molecule has 0 spiro atoms. The van der Waals surface area contributed by atoms with Gasteiger partial charge in [0.2, 0.25) is 0 Å². The van der Waals surface area contributed by atoms with Gasteiger partial charge in [0, 0.05) is 0 Å². The monoisotopic (exact) mass is 798 g/mol. The van der Waals surface area contributed by atoms with Gasteiger partial charge in [0.1, 0.15) is 0 Å². The minimum atomic E-state index is -0.475. The Bertz CT molecular complexity index is 3430. The lowest BCUT2D eigenvalue weighted by Gasteiger charge is -2.34. The molecule has 11 aromatic carbocycles. The topological polar surface area (TPSA) is 0 Å². The summed E-state index contributed by atoms with van der Waals surface area (Å²) in [4.78, 5) is 0. The quantitative estimate of drug-likeness (QED) is 0.111. The second kappa shape index (κ2) is 15.1. The van der Waals surface area contributed by atoms with E-state index in [1.807, 2.05) is 0 Å². The third kappa shape index (κ3) is 5.91. The Kier molecular flexibility index (Phi) is 8.83. The summed E-state index contributed by atoms with van der Waals surface area (Å²) in [5.74, 6) is 0. The summed E-state index contributed by atoms with van der Waals surface area (Å²) in [5.41, 5.74) is 17.1. The average Bonchev–Trinajstić information content (AvgIpc) is 3.66. The summed E-state index contributed by atoms with van der Waals surface area (Å²) >= 11 is 0.